The fourth-order valence-electron chi connectivity index (χ4n) is 2.98. The van der Waals surface area contributed by atoms with Gasteiger partial charge in [-0.1, -0.05) is 35.9 Å². The molecule has 3 aromatic rings. The van der Waals surface area contributed by atoms with E-state index in [4.69, 9.17) is 11.6 Å². The number of ketones is 1. The van der Waals surface area contributed by atoms with Gasteiger partial charge in [-0.25, -0.2) is 9.18 Å². The molecule has 0 saturated carbocycles. The maximum Gasteiger partial charge on any atom is 0.379 e. The van der Waals surface area contributed by atoms with Crippen molar-refractivity contribution in [2.75, 3.05) is 6.61 Å². The molecule has 2 aromatic carbocycles. The molecule has 0 bridgehead atoms. The van der Waals surface area contributed by atoms with Crippen molar-refractivity contribution < 1.29 is 23.8 Å². The summed E-state index contributed by atoms with van der Waals surface area (Å²) in [4.78, 5) is 36.2. The summed E-state index contributed by atoms with van der Waals surface area (Å²) >= 11 is 5.85. The normalized spacial score (nSPS) is 11.5. The first-order chi connectivity index (χ1) is 14.3. The molecule has 0 radical (unpaired) electrons. The van der Waals surface area contributed by atoms with Crippen molar-refractivity contribution in [1.82, 2.24) is 4.57 Å². The number of ether oxygens (including phenoxy) is 1. The van der Waals surface area contributed by atoms with Gasteiger partial charge in [-0.2, -0.15) is 0 Å². The molecule has 0 aliphatic carbocycles. The molecule has 0 saturated heterocycles. The number of hydrogen-bond donors (Lipinski definition) is 1. The summed E-state index contributed by atoms with van der Waals surface area (Å²) < 4.78 is 20.5. The maximum absolute atomic E-state index is 14.4. The Morgan fingerprint density at radius 2 is 1.93 bits per heavy atom. The first kappa shape index (κ1) is 21.3. The third-order valence-electron chi connectivity index (χ3n) is 4.38. The van der Waals surface area contributed by atoms with Gasteiger partial charge in [0, 0.05) is 23.2 Å². The number of aromatic nitrogens is 1. The minimum Gasteiger partial charge on any atom is -0.507 e. The van der Waals surface area contributed by atoms with Crippen LogP contribution in [-0.4, -0.2) is 28.0 Å². The van der Waals surface area contributed by atoms with Crippen molar-refractivity contribution in [1.29, 1.82) is 0 Å². The molecule has 0 aliphatic heterocycles. The highest BCUT2D eigenvalue weighted by Gasteiger charge is 2.18. The Labute approximate surface area is 175 Å². The first-order valence-electron chi connectivity index (χ1n) is 9.00. The van der Waals surface area contributed by atoms with Crippen molar-refractivity contribution in [2.45, 2.75) is 13.5 Å². The van der Waals surface area contributed by atoms with Gasteiger partial charge in [0.05, 0.1) is 29.3 Å². The van der Waals surface area contributed by atoms with Crippen LogP contribution >= 0.6 is 11.6 Å². The van der Waals surface area contributed by atoms with Gasteiger partial charge in [0.25, 0.3) is 5.78 Å². The molecule has 154 valence electrons. The number of carbonyl (C=O) groups excluding carboxylic acids is 2. The monoisotopic (exact) mass is 429 g/mol. The van der Waals surface area contributed by atoms with E-state index in [2.05, 4.69) is 4.74 Å². The van der Waals surface area contributed by atoms with Gasteiger partial charge < -0.3 is 14.4 Å². The second-order valence-electron chi connectivity index (χ2n) is 6.34. The minimum atomic E-state index is -1.15. The number of nitrogens with zero attached hydrogens (tertiary/aromatic N) is 1. The molecular formula is C22H17ClFNO5. The summed E-state index contributed by atoms with van der Waals surface area (Å²) in [6.07, 6.45) is 1.93. The summed E-state index contributed by atoms with van der Waals surface area (Å²) in [5.41, 5.74) is 0.0103. The zero-order valence-corrected chi connectivity index (χ0v) is 16.6. The van der Waals surface area contributed by atoms with Crippen molar-refractivity contribution in [2.24, 2.45) is 0 Å². The summed E-state index contributed by atoms with van der Waals surface area (Å²) in [6.45, 7) is 1.54. The van der Waals surface area contributed by atoms with Crippen molar-refractivity contribution in [3.63, 3.8) is 0 Å². The van der Waals surface area contributed by atoms with E-state index < -0.39 is 28.8 Å². The van der Waals surface area contributed by atoms with Gasteiger partial charge >= 0.3 is 5.97 Å². The lowest BCUT2D eigenvalue weighted by Gasteiger charge is -2.14. The number of rotatable bonds is 6. The van der Waals surface area contributed by atoms with Gasteiger partial charge in [0.1, 0.15) is 11.6 Å². The van der Waals surface area contributed by atoms with Crippen LogP contribution in [0, 0.1) is 5.82 Å². The van der Waals surface area contributed by atoms with Crippen LogP contribution in [0.25, 0.3) is 16.7 Å². The van der Waals surface area contributed by atoms with Gasteiger partial charge in [-0.3, -0.25) is 9.59 Å². The lowest BCUT2D eigenvalue weighted by atomic mass is 10.1. The molecule has 3 rings (SSSR count). The number of pyridine rings is 1. The van der Waals surface area contributed by atoms with E-state index in [1.807, 2.05) is 0 Å². The van der Waals surface area contributed by atoms with E-state index in [1.54, 1.807) is 41.0 Å². The number of aliphatic hydroxyl groups excluding tert-OH is 1. The van der Waals surface area contributed by atoms with Crippen LogP contribution in [0.1, 0.15) is 18.1 Å². The van der Waals surface area contributed by atoms with Crippen LogP contribution in [0.4, 0.5) is 4.39 Å². The van der Waals surface area contributed by atoms with E-state index in [1.165, 1.54) is 19.2 Å². The van der Waals surface area contributed by atoms with Gasteiger partial charge in [-0.05, 0) is 25.1 Å². The summed E-state index contributed by atoms with van der Waals surface area (Å²) in [5.74, 6) is -3.54. The molecule has 0 spiro atoms. The number of benzene rings is 2. The van der Waals surface area contributed by atoms with E-state index in [9.17, 15) is 23.9 Å². The van der Waals surface area contributed by atoms with E-state index in [0.717, 1.165) is 0 Å². The number of esters is 1. The topological polar surface area (TPSA) is 85.6 Å². The highest BCUT2D eigenvalue weighted by atomic mass is 35.5. The summed E-state index contributed by atoms with van der Waals surface area (Å²) in [5, 5.41) is 10.6. The highest BCUT2D eigenvalue weighted by Crippen LogP contribution is 2.22. The molecule has 0 atom stereocenters. The molecule has 1 N–H and O–H groups in total. The predicted molar refractivity (Wildman–Crippen MR) is 111 cm³/mol. The molecule has 30 heavy (non-hydrogen) atoms. The number of hydrogen-bond acceptors (Lipinski definition) is 5. The predicted octanol–water partition coefficient (Wildman–Crippen LogP) is 3.87. The Morgan fingerprint density at radius 3 is 2.67 bits per heavy atom. The van der Waals surface area contributed by atoms with Gasteiger partial charge in [0.15, 0.2) is 5.43 Å². The van der Waals surface area contributed by atoms with Crippen molar-refractivity contribution in [3.8, 4) is 0 Å². The van der Waals surface area contributed by atoms with E-state index in [0.29, 0.717) is 11.6 Å². The smallest absolute Gasteiger partial charge is 0.379 e. The lowest BCUT2D eigenvalue weighted by Crippen LogP contribution is -2.18. The van der Waals surface area contributed by atoms with Crippen LogP contribution in [0.2, 0.25) is 5.02 Å². The van der Waals surface area contributed by atoms with Gasteiger partial charge in [0.2, 0.25) is 0 Å². The molecule has 0 unspecified atom stereocenters. The average molecular weight is 430 g/mol. The largest absolute Gasteiger partial charge is 0.507 e. The molecule has 0 amide bonds. The number of fused-ring (bicyclic) bond motifs is 1. The average Bonchev–Trinajstić information content (AvgIpc) is 2.73. The fraction of sp³-hybridized carbons (Fsp3) is 0.136. The zero-order chi connectivity index (χ0) is 21.8. The highest BCUT2D eigenvalue weighted by molar-refractivity contribution is 6.39. The zero-order valence-electron chi connectivity index (χ0n) is 15.9. The van der Waals surface area contributed by atoms with Gasteiger partial charge in [-0.15, -0.1) is 0 Å². The quantitative estimate of drug-likeness (QED) is 0.278. The van der Waals surface area contributed by atoms with Crippen LogP contribution in [-0.2, 0) is 20.9 Å². The first-order valence-corrected chi connectivity index (χ1v) is 9.38. The second-order valence-corrected chi connectivity index (χ2v) is 6.75. The second kappa shape index (κ2) is 8.92. The van der Waals surface area contributed by atoms with Crippen molar-refractivity contribution in [3.05, 3.63) is 86.9 Å². The molecular weight excluding hydrogens is 413 g/mol. The Bertz CT molecular complexity index is 1230. The Hall–Kier alpha value is -3.45. The SMILES string of the molecule is CCOC(=O)C(=O)/C=C(\O)c1cn(Cc2cccc(Cl)c2F)c2ccccc2c1=O. The Kier molecular flexibility index (Phi) is 6.32. The Balaban J connectivity index is 2.14. The lowest BCUT2D eigenvalue weighted by molar-refractivity contribution is -0.151. The third-order valence-corrected chi connectivity index (χ3v) is 4.67. The van der Waals surface area contributed by atoms with Crippen LogP contribution in [0.5, 0.6) is 0 Å². The molecule has 0 fully saturated rings. The number of carbonyl (C=O) groups is 2. The summed E-state index contributed by atoms with van der Waals surface area (Å²) in [6, 6.07) is 11.1. The van der Waals surface area contributed by atoms with Crippen LogP contribution in [0.3, 0.4) is 0 Å². The molecule has 8 heteroatoms. The van der Waals surface area contributed by atoms with Crippen LogP contribution in [0.15, 0.2) is 59.5 Å². The van der Waals surface area contributed by atoms with E-state index in [-0.39, 0.29) is 34.7 Å². The Morgan fingerprint density at radius 1 is 1.20 bits per heavy atom. The van der Waals surface area contributed by atoms with E-state index >= 15 is 0 Å². The molecule has 1 heterocycles. The molecule has 0 aliphatic rings. The summed E-state index contributed by atoms with van der Waals surface area (Å²) in [7, 11) is 0. The molecule has 6 nitrogen and oxygen atoms in total. The number of para-hydroxylation sites is 1. The molecule has 1 aromatic heterocycles. The minimum absolute atomic E-state index is 0.00679. The number of halogens is 2. The maximum atomic E-state index is 14.4. The fourth-order valence-corrected chi connectivity index (χ4v) is 3.17. The standard InChI is InChI=1S/C22H17ClFNO5/c1-2-30-22(29)19(27)10-18(26)15-12-25(11-13-6-5-8-16(23)20(13)24)17-9-4-3-7-14(17)21(15)28/h3-10,12,26H,2,11H2,1H3/b18-10-. The third kappa shape index (κ3) is 4.26. The van der Waals surface area contributed by atoms with Crippen LogP contribution < -0.4 is 5.43 Å². The number of aliphatic hydroxyl groups is 1. The van der Waals surface area contributed by atoms with Crippen molar-refractivity contribution >= 4 is 40.0 Å².